The lowest BCUT2D eigenvalue weighted by Crippen LogP contribution is -2.35. The van der Waals surface area contributed by atoms with Gasteiger partial charge in [0.05, 0.1) is 5.75 Å². The maximum atomic E-state index is 11.8. The lowest BCUT2D eigenvalue weighted by Gasteiger charge is -2.31. The normalized spacial score (nSPS) is 14.9. The number of amides is 1. The fourth-order valence-electron chi connectivity index (χ4n) is 2.32. The molecule has 0 radical (unpaired) electrons. The first kappa shape index (κ1) is 20.0. The molecule has 1 aromatic carbocycles. The Hall–Kier alpha value is -1.31. The molecule has 1 aromatic rings. The van der Waals surface area contributed by atoms with Crippen LogP contribution >= 0.6 is 35.6 Å². The van der Waals surface area contributed by atoms with Crippen LogP contribution in [0.4, 0.5) is 5.69 Å². The first-order valence-corrected chi connectivity index (χ1v) is 9.84. The highest BCUT2D eigenvalue weighted by atomic mass is 35.5. The fraction of sp³-hybridized carbons (Fsp3) is 0.471. The van der Waals surface area contributed by atoms with E-state index in [1.165, 1.54) is 11.8 Å². The SMILES string of the molecule is CC1CCN(C(=S)SCC(=O)OCC(=O)Nc2ccc(Cl)cc2)CC1. The number of rotatable bonds is 5. The van der Waals surface area contributed by atoms with Crippen molar-refractivity contribution in [2.24, 2.45) is 5.92 Å². The first-order valence-electron chi connectivity index (χ1n) is 8.07. The number of carbonyl (C=O) groups excluding carboxylic acids is 2. The number of halogens is 1. The standard InChI is InChI=1S/C17H21ClN2O3S2/c1-12-6-8-20(9-7-12)17(24)25-11-16(22)23-10-15(21)19-14-4-2-13(18)3-5-14/h2-5,12H,6-11H2,1H3,(H,19,21). The summed E-state index contributed by atoms with van der Waals surface area (Å²) < 4.78 is 5.70. The van der Waals surface area contributed by atoms with E-state index in [9.17, 15) is 9.59 Å². The largest absolute Gasteiger partial charge is 0.455 e. The lowest BCUT2D eigenvalue weighted by molar-refractivity contribution is -0.144. The Morgan fingerprint density at radius 3 is 2.60 bits per heavy atom. The van der Waals surface area contributed by atoms with Crippen molar-refractivity contribution in [1.82, 2.24) is 4.90 Å². The molecule has 8 heteroatoms. The highest BCUT2D eigenvalue weighted by Gasteiger charge is 2.19. The minimum absolute atomic E-state index is 0.110. The van der Waals surface area contributed by atoms with Crippen LogP contribution in [-0.4, -0.2) is 46.5 Å². The number of hydrogen-bond donors (Lipinski definition) is 1. The van der Waals surface area contributed by atoms with E-state index in [1.54, 1.807) is 24.3 Å². The van der Waals surface area contributed by atoms with Gasteiger partial charge in [0.2, 0.25) is 0 Å². The minimum atomic E-state index is -0.455. The van der Waals surface area contributed by atoms with Gasteiger partial charge in [-0.25, -0.2) is 0 Å². The van der Waals surface area contributed by atoms with Crippen LogP contribution in [0.1, 0.15) is 19.8 Å². The smallest absolute Gasteiger partial charge is 0.316 e. The maximum Gasteiger partial charge on any atom is 0.316 e. The van der Waals surface area contributed by atoms with Crippen LogP contribution in [0.25, 0.3) is 0 Å². The van der Waals surface area contributed by atoms with E-state index in [2.05, 4.69) is 17.1 Å². The van der Waals surface area contributed by atoms with Crippen LogP contribution in [0, 0.1) is 5.92 Å². The molecule has 25 heavy (non-hydrogen) atoms. The van der Waals surface area contributed by atoms with E-state index in [1.807, 2.05) is 0 Å². The summed E-state index contributed by atoms with van der Waals surface area (Å²) in [6.07, 6.45) is 2.24. The average Bonchev–Trinajstić information content (AvgIpc) is 2.60. The van der Waals surface area contributed by atoms with Crippen LogP contribution in [0.15, 0.2) is 24.3 Å². The summed E-state index contributed by atoms with van der Waals surface area (Å²) in [6.45, 7) is 3.78. The van der Waals surface area contributed by atoms with Crippen molar-refractivity contribution >= 4 is 57.5 Å². The van der Waals surface area contributed by atoms with Crippen LogP contribution in [0.2, 0.25) is 5.02 Å². The summed E-state index contributed by atoms with van der Waals surface area (Å²) in [5.41, 5.74) is 0.598. The number of carbonyl (C=O) groups is 2. The Morgan fingerprint density at radius 2 is 1.96 bits per heavy atom. The van der Waals surface area contributed by atoms with Crippen molar-refractivity contribution < 1.29 is 14.3 Å². The summed E-state index contributed by atoms with van der Waals surface area (Å²) in [6, 6.07) is 6.69. The van der Waals surface area contributed by atoms with Gasteiger partial charge in [-0.1, -0.05) is 42.5 Å². The zero-order chi connectivity index (χ0) is 18.2. The van der Waals surface area contributed by atoms with Crippen molar-refractivity contribution in [2.75, 3.05) is 30.8 Å². The molecule has 1 aliphatic rings. The Kier molecular flexibility index (Phi) is 7.99. The van der Waals surface area contributed by atoms with Gasteiger partial charge in [0.15, 0.2) is 6.61 Å². The molecular formula is C17H21ClN2O3S2. The molecule has 1 heterocycles. The summed E-state index contributed by atoms with van der Waals surface area (Å²) in [5.74, 6) is -0.00975. The molecule has 1 N–H and O–H groups in total. The van der Waals surface area contributed by atoms with Crippen molar-refractivity contribution in [3.8, 4) is 0 Å². The van der Waals surface area contributed by atoms with E-state index in [4.69, 9.17) is 28.6 Å². The highest BCUT2D eigenvalue weighted by Crippen LogP contribution is 2.20. The van der Waals surface area contributed by atoms with Crippen molar-refractivity contribution in [3.63, 3.8) is 0 Å². The van der Waals surface area contributed by atoms with Gasteiger partial charge in [-0.05, 0) is 43.0 Å². The number of thiocarbonyl (C=S) groups is 1. The molecule has 0 atom stereocenters. The van der Waals surface area contributed by atoms with E-state index < -0.39 is 11.9 Å². The molecule has 2 rings (SSSR count). The quantitative estimate of drug-likeness (QED) is 0.602. The van der Waals surface area contributed by atoms with Crippen molar-refractivity contribution in [3.05, 3.63) is 29.3 Å². The number of likely N-dealkylation sites (tertiary alicyclic amines) is 1. The Morgan fingerprint density at radius 1 is 1.32 bits per heavy atom. The van der Waals surface area contributed by atoms with Crippen molar-refractivity contribution in [2.45, 2.75) is 19.8 Å². The lowest BCUT2D eigenvalue weighted by atomic mass is 10.00. The second-order valence-corrected chi connectivity index (χ2v) is 7.99. The molecule has 1 saturated heterocycles. The van der Waals surface area contributed by atoms with E-state index in [-0.39, 0.29) is 12.4 Å². The Labute approximate surface area is 162 Å². The molecule has 1 fully saturated rings. The number of piperidine rings is 1. The minimum Gasteiger partial charge on any atom is -0.455 e. The highest BCUT2D eigenvalue weighted by molar-refractivity contribution is 8.23. The van der Waals surface area contributed by atoms with Crippen LogP contribution in [-0.2, 0) is 14.3 Å². The molecule has 0 unspecified atom stereocenters. The van der Waals surface area contributed by atoms with Gasteiger partial charge in [0, 0.05) is 23.8 Å². The number of anilines is 1. The Bertz CT molecular complexity index is 617. The third kappa shape index (κ3) is 7.22. The third-order valence-corrected chi connectivity index (χ3v) is 5.60. The summed E-state index contributed by atoms with van der Waals surface area (Å²) in [5, 5.41) is 3.21. The van der Waals surface area contributed by atoms with E-state index in [0.29, 0.717) is 10.7 Å². The van der Waals surface area contributed by atoms with Crippen LogP contribution < -0.4 is 5.32 Å². The predicted octanol–water partition coefficient (Wildman–Crippen LogP) is 3.57. The number of hydrogen-bond acceptors (Lipinski definition) is 5. The van der Waals surface area contributed by atoms with Crippen LogP contribution in [0.3, 0.4) is 0 Å². The van der Waals surface area contributed by atoms with Crippen molar-refractivity contribution in [1.29, 1.82) is 0 Å². The molecule has 136 valence electrons. The number of nitrogens with zero attached hydrogens (tertiary/aromatic N) is 1. The van der Waals surface area contributed by atoms with E-state index >= 15 is 0 Å². The average molecular weight is 401 g/mol. The molecule has 0 bridgehead atoms. The summed E-state index contributed by atoms with van der Waals surface area (Å²) in [7, 11) is 0. The fourth-order valence-corrected chi connectivity index (χ4v) is 3.50. The summed E-state index contributed by atoms with van der Waals surface area (Å²) >= 11 is 12.4. The third-order valence-electron chi connectivity index (χ3n) is 3.85. The topological polar surface area (TPSA) is 58.6 Å². The molecule has 5 nitrogen and oxygen atoms in total. The predicted molar refractivity (Wildman–Crippen MR) is 106 cm³/mol. The zero-order valence-electron chi connectivity index (χ0n) is 14.0. The second-order valence-electron chi connectivity index (χ2n) is 5.94. The monoisotopic (exact) mass is 400 g/mol. The molecule has 1 aliphatic heterocycles. The number of ether oxygens (including phenoxy) is 1. The van der Waals surface area contributed by atoms with Crippen LogP contribution in [0.5, 0.6) is 0 Å². The first-order chi connectivity index (χ1) is 11.9. The van der Waals surface area contributed by atoms with Gasteiger partial charge in [-0.2, -0.15) is 0 Å². The van der Waals surface area contributed by atoms with Gasteiger partial charge in [0.1, 0.15) is 4.32 Å². The molecule has 1 amide bonds. The zero-order valence-corrected chi connectivity index (χ0v) is 16.4. The summed E-state index contributed by atoms with van der Waals surface area (Å²) in [4.78, 5) is 25.6. The van der Waals surface area contributed by atoms with Gasteiger partial charge in [-0.3, -0.25) is 9.59 Å². The number of thioether (sulfide) groups is 1. The second kappa shape index (κ2) is 9.99. The van der Waals surface area contributed by atoms with Gasteiger partial charge >= 0.3 is 5.97 Å². The van der Waals surface area contributed by atoms with Gasteiger partial charge < -0.3 is 15.0 Å². The number of benzene rings is 1. The maximum absolute atomic E-state index is 11.8. The van der Waals surface area contributed by atoms with E-state index in [0.717, 1.165) is 36.2 Å². The van der Waals surface area contributed by atoms with Gasteiger partial charge in [-0.15, -0.1) is 0 Å². The number of esters is 1. The molecular weight excluding hydrogens is 380 g/mol. The molecule has 0 saturated carbocycles. The Balaban J connectivity index is 1.64. The number of nitrogens with one attached hydrogen (secondary N) is 1. The van der Waals surface area contributed by atoms with Gasteiger partial charge in [0.25, 0.3) is 5.91 Å². The molecule has 0 spiro atoms. The molecule has 0 aromatic heterocycles. The molecule has 0 aliphatic carbocycles.